The monoisotopic (exact) mass is 459 g/mol. The molecule has 3 amide bonds. The third kappa shape index (κ3) is 4.45. The van der Waals surface area contributed by atoms with Crippen molar-refractivity contribution in [3.8, 4) is 5.75 Å². The molecule has 0 spiro atoms. The minimum absolute atomic E-state index is 0.175. The molecule has 3 heterocycles. The highest BCUT2D eigenvalue weighted by atomic mass is 16.5. The number of fused-ring (bicyclic) bond motifs is 1. The van der Waals surface area contributed by atoms with Gasteiger partial charge in [0.1, 0.15) is 26.2 Å². The predicted octanol–water partition coefficient (Wildman–Crippen LogP) is 1.53. The Morgan fingerprint density at radius 2 is 1.76 bits per heavy atom. The minimum Gasteiger partial charge on any atom is -0.489 e. The van der Waals surface area contributed by atoms with E-state index in [1.807, 2.05) is 12.1 Å². The quantitative estimate of drug-likeness (QED) is 0.521. The summed E-state index contributed by atoms with van der Waals surface area (Å²) in [5.41, 5.74) is 3.23. The maximum absolute atomic E-state index is 13.1. The molecular weight excluding hydrogens is 433 g/mol. The van der Waals surface area contributed by atoms with Gasteiger partial charge in [0.15, 0.2) is 0 Å². The zero-order valence-electron chi connectivity index (χ0n) is 18.9. The lowest BCUT2D eigenvalue weighted by molar-refractivity contribution is -0.137. The number of benzene rings is 2. The maximum Gasteiger partial charge on any atom is 0.254 e. The minimum atomic E-state index is -0.821. The summed E-state index contributed by atoms with van der Waals surface area (Å²) in [5, 5.41) is 2.30. The van der Waals surface area contributed by atoms with Crippen molar-refractivity contribution < 1.29 is 23.9 Å². The molecule has 34 heavy (non-hydrogen) atoms. The van der Waals surface area contributed by atoms with Gasteiger partial charge in [0.25, 0.3) is 5.91 Å². The topological polar surface area (TPSA) is 88.2 Å². The first-order chi connectivity index (χ1) is 16.5. The van der Waals surface area contributed by atoms with Crippen molar-refractivity contribution in [1.82, 2.24) is 15.1 Å². The van der Waals surface area contributed by atoms with Crippen LogP contribution in [-0.2, 0) is 27.5 Å². The Labute approximate surface area is 199 Å². The average molecular weight is 459 g/mol. The number of nitrogens with one attached hydrogen (secondary N) is 1. The summed E-state index contributed by atoms with van der Waals surface area (Å²) >= 11 is 0. The van der Waals surface area contributed by atoms with Crippen LogP contribution in [0.25, 0.3) is 0 Å². The molecule has 2 aromatic rings. The Morgan fingerprint density at radius 3 is 2.50 bits per heavy atom. The molecule has 8 nitrogen and oxygen atoms in total. The van der Waals surface area contributed by atoms with Crippen molar-refractivity contribution in [2.24, 2.45) is 0 Å². The predicted molar refractivity (Wildman–Crippen MR) is 124 cm³/mol. The van der Waals surface area contributed by atoms with Crippen molar-refractivity contribution in [2.45, 2.75) is 38.0 Å². The summed E-state index contributed by atoms with van der Waals surface area (Å²) in [6.45, 7) is 4.66. The van der Waals surface area contributed by atoms with Crippen molar-refractivity contribution in [3.05, 3.63) is 64.7 Å². The van der Waals surface area contributed by atoms with Gasteiger partial charge in [0.05, 0.1) is 13.2 Å². The molecule has 2 fully saturated rings. The van der Waals surface area contributed by atoms with Gasteiger partial charge in [-0.2, -0.15) is 0 Å². The molecule has 9 heteroatoms. The normalized spacial score (nSPS) is 23.1. The van der Waals surface area contributed by atoms with E-state index in [2.05, 4.69) is 22.3 Å². The molecule has 3 aliphatic heterocycles. The second kappa shape index (κ2) is 9.60. The number of ether oxygens (including phenoxy) is 2. The number of nitrogens with zero attached hydrogens (tertiary/aromatic N) is 2. The highest BCUT2D eigenvalue weighted by Gasteiger charge is 2.44. The van der Waals surface area contributed by atoms with Crippen LogP contribution in [0.2, 0.25) is 0 Å². The van der Waals surface area contributed by atoms with E-state index in [0.717, 1.165) is 38.4 Å². The van der Waals surface area contributed by atoms with Crippen molar-refractivity contribution in [2.75, 3.05) is 26.3 Å². The number of piperidine rings is 1. The number of hydrogen-bond acceptors (Lipinski definition) is 6. The van der Waals surface area contributed by atoms with E-state index in [0.29, 0.717) is 23.5 Å². The van der Waals surface area contributed by atoms with E-state index >= 15 is 0 Å². The Balaban J connectivity index is 1.27. The van der Waals surface area contributed by atoms with Crippen LogP contribution in [0.5, 0.6) is 5.75 Å². The van der Waals surface area contributed by atoms with Gasteiger partial charge in [-0.05, 0) is 29.7 Å². The summed E-state index contributed by atoms with van der Waals surface area (Å²) in [4.78, 5) is 40.7. The maximum atomic E-state index is 13.1. The van der Waals surface area contributed by atoms with Crippen LogP contribution in [0, 0.1) is 0 Å². The average Bonchev–Trinajstić information content (AvgIpc) is 3.10. The van der Waals surface area contributed by atoms with Crippen LogP contribution in [0.4, 0.5) is 0 Å². The number of morpholine rings is 1. The first kappa shape index (κ1) is 22.6. The van der Waals surface area contributed by atoms with Gasteiger partial charge in [-0.1, -0.05) is 30.3 Å². The molecule has 2 unspecified atom stereocenters. The fourth-order valence-corrected chi connectivity index (χ4v) is 4.77. The molecule has 0 bridgehead atoms. The van der Waals surface area contributed by atoms with Crippen LogP contribution in [0.3, 0.4) is 0 Å². The summed E-state index contributed by atoms with van der Waals surface area (Å²) in [5.74, 6) is -1.45. The number of hydrogen-bond donors (Lipinski definition) is 1. The van der Waals surface area contributed by atoms with E-state index < -0.39 is 17.9 Å². The summed E-state index contributed by atoms with van der Waals surface area (Å²) in [6.07, 6.45) is 0.430. The molecule has 1 N–H and O–H groups in total. The SMILES string of the molecule is [B]C1c2c(OCc3ccc(CN4CCOCC4)cc3)cccc2C(=O)N1C1CCC(=O)NC1=O. The van der Waals surface area contributed by atoms with E-state index in [1.54, 1.807) is 18.2 Å². The van der Waals surface area contributed by atoms with E-state index in [9.17, 15) is 14.4 Å². The first-order valence-corrected chi connectivity index (χ1v) is 11.6. The number of imide groups is 1. The zero-order chi connectivity index (χ0) is 23.7. The lowest BCUT2D eigenvalue weighted by Gasteiger charge is -2.33. The van der Waals surface area contributed by atoms with E-state index in [-0.39, 0.29) is 24.7 Å². The van der Waals surface area contributed by atoms with Gasteiger partial charge >= 0.3 is 0 Å². The van der Waals surface area contributed by atoms with Crippen molar-refractivity contribution in [1.29, 1.82) is 0 Å². The Hall–Kier alpha value is -3.17. The van der Waals surface area contributed by atoms with Gasteiger partial charge in [-0.25, -0.2) is 0 Å². The number of amides is 3. The Bertz CT molecular complexity index is 1100. The lowest BCUT2D eigenvalue weighted by Crippen LogP contribution is -2.53. The van der Waals surface area contributed by atoms with Gasteiger partial charge < -0.3 is 14.4 Å². The fourth-order valence-electron chi connectivity index (χ4n) is 4.77. The first-order valence-electron chi connectivity index (χ1n) is 11.6. The zero-order valence-corrected chi connectivity index (χ0v) is 18.9. The number of carbonyl (C=O) groups is 3. The standard InChI is InChI=1S/C25H26BN3O5/c26-23-22-18(25(32)29(23)19-8-9-21(30)27-24(19)31)2-1-3-20(22)34-15-17-6-4-16(5-7-17)14-28-10-12-33-13-11-28/h1-7,19,23H,8-15H2,(H,27,30,31). The summed E-state index contributed by atoms with van der Waals surface area (Å²) in [7, 11) is 6.43. The molecule has 0 aliphatic carbocycles. The highest BCUT2D eigenvalue weighted by molar-refractivity contribution is 6.19. The third-order valence-electron chi connectivity index (χ3n) is 6.60. The smallest absolute Gasteiger partial charge is 0.254 e. The third-order valence-corrected chi connectivity index (χ3v) is 6.60. The van der Waals surface area contributed by atoms with Crippen LogP contribution in [0.15, 0.2) is 42.5 Å². The molecule has 2 saturated heterocycles. The van der Waals surface area contributed by atoms with E-state index in [4.69, 9.17) is 17.3 Å². The van der Waals surface area contributed by atoms with Crippen LogP contribution >= 0.6 is 0 Å². The van der Waals surface area contributed by atoms with Crippen LogP contribution in [0.1, 0.15) is 45.8 Å². The van der Waals surface area contributed by atoms with Crippen LogP contribution < -0.4 is 10.1 Å². The fraction of sp³-hybridized carbons (Fsp3) is 0.400. The number of carbonyl (C=O) groups excluding carboxylic acids is 3. The second-order valence-electron chi connectivity index (χ2n) is 8.84. The summed E-state index contributed by atoms with van der Waals surface area (Å²) in [6, 6.07) is 12.7. The van der Waals surface area contributed by atoms with Crippen LogP contribution in [-0.4, -0.2) is 67.7 Å². The van der Waals surface area contributed by atoms with E-state index in [1.165, 1.54) is 10.5 Å². The Kier molecular flexibility index (Phi) is 6.39. The van der Waals surface area contributed by atoms with Gasteiger partial charge in [0.2, 0.25) is 11.8 Å². The summed E-state index contributed by atoms with van der Waals surface area (Å²) < 4.78 is 11.5. The van der Waals surface area contributed by atoms with Crippen molar-refractivity contribution >= 4 is 25.6 Å². The highest BCUT2D eigenvalue weighted by Crippen LogP contribution is 2.40. The molecule has 2 radical (unpaired) electrons. The van der Waals surface area contributed by atoms with Gasteiger partial charge in [-0.15, -0.1) is 0 Å². The van der Waals surface area contributed by atoms with Crippen molar-refractivity contribution in [3.63, 3.8) is 0 Å². The largest absolute Gasteiger partial charge is 0.489 e. The second-order valence-corrected chi connectivity index (χ2v) is 8.84. The molecule has 5 rings (SSSR count). The molecule has 174 valence electrons. The molecule has 2 aromatic carbocycles. The molecule has 0 aromatic heterocycles. The van der Waals surface area contributed by atoms with Gasteiger partial charge in [-0.3, -0.25) is 24.6 Å². The lowest BCUT2D eigenvalue weighted by atomic mass is 9.86. The number of rotatable bonds is 6. The van der Waals surface area contributed by atoms with Gasteiger partial charge in [0, 0.05) is 43.1 Å². The Morgan fingerprint density at radius 1 is 1.03 bits per heavy atom. The molecule has 0 saturated carbocycles. The molecule has 3 aliphatic rings. The molecular formula is C25H26BN3O5. The molecule has 2 atom stereocenters.